The quantitative estimate of drug-likeness (QED) is 0.886. The van der Waals surface area contributed by atoms with Gasteiger partial charge in [0.15, 0.2) is 0 Å². The highest BCUT2D eigenvalue weighted by molar-refractivity contribution is 6.07. The van der Waals surface area contributed by atoms with Crippen molar-refractivity contribution in [2.75, 3.05) is 18.0 Å². The van der Waals surface area contributed by atoms with Gasteiger partial charge in [-0.25, -0.2) is 0 Å². The second kappa shape index (κ2) is 4.75. The van der Waals surface area contributed by atoms with Gasteiger partial charge in [0.1, 0.15) is 17.7 Å². The predicted octanol–water partition coefficient (Wildman–Crippen LogP) is 0.889. The summed E-state index contributed by atoms with van der Waals surface area (Å²) in [5.74, 6) is 1.34. The topological polar surface area (TPSA) is 87.8 Å². The molecule has 1 N–H and O–H groups in total. The monoisotopic (exact) mass is 325 g/mol. The molecule has 2 aliphatic heterocycles. The van der Waals surface area contributed by atoms with Gasteiger partial charge >= 0.3 is 0 Å². The van der Waals surface area contributed by atoms with Gasteiger partial charge in [-0.3, -0.25) is 9.79 Å². The Labute approximate surface area is 139 Å². The molecule has 0 atom stereocenters. The SMILES string of the molecule is CC1=NC2(CCN(c3cc(C4CC4)nn4cnnc34)CC2)C(=O)N1. The van der Waals surface area contributed by atoms with Crippen molar-refractivity contribution < 1.29 is 4.79 Å². The zero-order valence-electron chi connectivity index (χ0n) is 13.6. The predicted molar refractivity (Wildman–Crippen MR) is 88.2 cm³/mol. The zero-order valence-corrected chi connectivity index (χ0v) is 13.6. The van der Waals surface area contributed by atoms with Crippen molar-refractivity contribution >= 4 is 23.1 Å². The molecule has 24 heavy (non-hydrogen) atoms. The molecule has 2 aromatic heterocycles. The van der Waals surface area contributed by atoms with Gasteiger partial charge in [0.2, 0.25) is 5.65 Å². The number of carbonyl (C=O) groups is 1. The summed E-state index contributed by atoms with van der Waals surface area (Å²) in [4.78, 5) is 19.1. The number of anilines is 1. The van der Waals surface area contributed by atoms with Crippen LogP contribution in [0.25, 0.3) is 5.65 Å². The van der Waals surface area contributed by atoms with Crippen molar-refractivity contribution in [3.8, 4) is 0 Å². The Bertz CT molecular complexity index is 858. The van der Waals surface area contributed by atoms with E-state index in [-0.39, 0.29) is 5.91 Å². The lowest BCUT2D eigenvalue weighted by Crippen LogP contribution is -2.49. The third kappa shape index (κ3) is 2.02. The maximum Gasteiger partial charge on any atom is 0.253 e. The molecule has 4 heterocycles. The molecule has 2 fully saturated rings. The minimum absolute atomic E-state index is 0.0423. The number of amides is 1. The second-order valence-electron chi connectivity index (χ2n) is 7.00. The largest absolute Gasteiger partial charge is 0.368 e. The lowest BCUT2D eigenvalue weighted by Gasteiger charge is -2.36. The summed E-state index contributed by atoms with van der Waals surface area (Å²) in [6, 6.07) is 2.16. The minimum Gasteiger partial charge on any atom is -0.368 e. The van der Waals surface area contributed by atoms with Crippen LogP contribution >= 0.6 is 0 Å². The molecule has 1 spiro atoms. The van der Waals surface area contributed by atoms with E-state index in [1.165, 1.54) is 12.8 Å². The molecule has 8 nitrogen and oxygen atoms in total. The molecule has 8 heteroatoms. The fraction of sp³-hybridized carbons (Fsp3) is 0.562. The summed E-state index contributed by atoms with van der Waals surface area (Å²) < 4.78 is 1.78. The van der Waals surface area contributed by atoms with Crippen LogP contribution in [0, 0.1) is 0 Å². The molecule has 5 rings (SSSR count). The summed E-state index contributed by atoms with van der Waals surface area (Å²) in [6.45, 7) is 3.41. The van der Waals surface area contributed by atoms with E-state index < -0.39 is 5.54 Å². The number of carbonyl (C=O) groups excluding carboxylic acids is 1. The molecule has 2 aromatic rings. The standard InChI is InChI=1S/C16H19N7O/c1-10-18-15(24)16(19-10)4-6-22(7-5-16)13-8-12(11-2-3-11)21-23-9-17-20-14(13)23/h8-9,11H,2-7H2,1H3,(H,18,19,24). The van der Waals surface area contributed by atoms with E-state index in [1.54, 1.807) is 10.8 Å². The molecule has 0 radical (unpaired) electrons. The van der Waals surface area contributed by atoms with Crippen LogP contribution in [0.2, 0.25) is 0 Å². The number of amidine groups is 1. The normalized spacial score (nSPS) is 23.0. The molecule has 1 saturated carbocycles. The van der Waals surface area contributed by atoms with Gasteiger partial charge in [0.05, 0.1) is 11.4 Å². The van der Waals surface area contributed by atoms with E-state index in [2.05, 4.69) is 36.6 Å². The maximum atomic E-state index is 12.2. The highest BCUT2D eigenvalue weighted by Gasteiger charge is 2.45. The van der Waals surface area contributed by atoms with Crippen LogP contribution in [-0.4, -0.2) is 50.2 Å². The average molecular weight is 325 g/mol. The first-order valence-electron chi connectivity index (χ1n) is 8.48. The van der Waals surface area contributed by atoms with Crippen molar-refractivity contribution in [1.82, 2.24) is 25.1 Å². The van der Waals surface area contributed by atoms with Gasteiger partial charge in [-0.15, -0.1) is 10.2 Å². The van der Waals surface area contributed by atoms with Gasteiger partial charge < -0.3 is 10.2 Å². The number of hydrogen-bond acceptors (Lipinski definition) is 6. The van der Waals surface area contributed by atoms with Crippen molar-refractivity contribution in [3.05, 3.63) is 18.1 Å². The first kappa shape index (κ1) is 13.9. The van der Waals surface area contributed by atoms with Gasteiger partial charge in [-0.05, 0) is 38.7 Å². The third-order valence-electron chi connectivity index (χ3n) is 5.29. The fourth-order valence-corrected chi connectivity index (χ4v) is 3.78. The number of nitrogens with one attached hydrogen (secondary N) is 1. The Kier molecular flexibility index (Phi) is 2.75. The van der Waals surface area contributed by atoms with Crippen molar-refractivity contribution in [1.29, 1.82) is 0 Å². The van der Waals surface area contributed by atoms with Crippen LogP contribution in [0.3, 0.4) is 0 Å². The van der Waals surface area contributed by atoms with Gasteiger partial charge in [-0.2, -0.15) is 9.61 Å². The Morgan fingerprint density at radius 1 is 1.29 bits per heavy atom. The molecule has 0 bridgehead atoms. The van der Waals surface area contributed by atoms with Gasteiger partial charge in [-0.1, -0.05) is 0 Å². The Morgan fingerprint density at radius 2 is 2.08 bits per heavy atom. The lowest BCUT2D eigenvalue weighted by atomic mass is 9.88. The second-order valence-corrected chi connectivity index (χ2v) is 7.00. The lowest BCUT2D eigenvalue weighted by molar-refractivity contribution is -0.124. The molecular formula is C16H19N7O. The van der Waals surface area contributed by atoms with E-state index in [1.807, 2.05) is 6.92 Å². The van der Waals surface area contributed by atoms with Gasteiger partial charge in [0, 0.05) is 19.0 Å². The Morgan fingerprint density at radius 3 is 2.75 bits per heavy atom. The van der Waals surface area contributed by atoms with E-state index in [4.69, 9.17) is 0 Å². The number of fused-ring (bicyclic) bond motifs is 1. The summed E-state index contributed by atoms with van der Waals surface area (Å²) in [5, 5.41) is 15.7. The highest BCUT2D eigenvalue weighted by atomic mass is 16.2. The minimum atomic E-state index is -0.573. The van der Waals surface area contributed by atoms with Crippen LogP contribution in [-0.2, 0) is 4.79 Å². The molecular weight excluding hydrogens is 306 g/mol. The molecule has 0 unspecified atom stereocenters. The van der Waals surface area contributed by atoms with Crippen molar-refractivity contribution in [2.24, 2.45) is 4.99 Å². The van der Waals surface area contributed by atoms with E-state index >= 15 is 0 Å². The zero-order chi connectivity index (χ0) is 16.3. The van der Waals surface area contributed by atoms with Crippen molar-refractivity contribution in [3.63, 3.8) is 0 Å². The first-order valence-corrected chi connectivity index (χ1v) is 8.48. The maximum absolute atomic E-state index is 12.2. The van der Waals surface area contributed by atoms with E-state index in [9.17, 15) is 4.79 Å². The number of aromatic nitrogens is 4. The summed E-state index contributed by atoms with van der Waals surface area (Å²) in [7, 11) is 0. The molecule has 1 saturated heterocycles. The number of rotatable bonds is 2. The summed E-state index contributed by atoms with van der Waals surface area (Å²) in [5.41, 5.74) is 2.39. The molecule has 0 aromatic carbocycles. The number of nitrogens with zero attached hydrogens (tertiary/aromatic N) is 6. The highest BCUT2D eigenvalue weighted by Crippen LogP contribution is 2.41. The number of aliphatic imine (C=N–C) groups is 1. The van der Waals surface area contributed by atoms with Crippen LogP contribution in [0.1, 0.15) is 44.2 Å². The smallest absolute Gasteiger partial charge is 0.253 e. The molecule has 1 amide bonds. The molecule has 124 valence electrons. The third-order valence-corrected chi connectivity index (χ3v) is 5.29. The van der Waals surface area contributed by atoms with Crippen LogP contribution in [0.4, 0.5) is 5.69 Å². The van der Waals surface area contributed by atoms with E-state index in [0.29, 0.717) is 5.92 Å². The summed E-state index contributed by atoms with van der Waals surface area (Å²) >= 11 is 0. The molecule has 3 aliphatic rings. The van der Waals surface area contributed by atoms with Crippen LogP contribution in [0.5, 0.6) is 0 Å². The van der Waals surface area contributed by atoms with Crippen LogP contribution in [0.15, 0.2) is 17.4 Å². The van der Waals surface area contributed by atoms with Crippen LogP contribution < -0.4 is 10.2 Å². The number of hydrogen-bond donors (Lipinski definition) is 1. The number of piperidine rings is 1. The Balaban J connectivity index is 1.47. The van der Waals surface area contributed by atoms with Crippen molar-refractivity contribution in [2.45, 2.75) is 44.1 Å². The van der Waals surface area contributed by atoms with Gasteiger partial charge in [0.25, 0.3) is 5.91 Å². The first-order chi connectivity index (χ1) is 11.6. The Hall–Kier alpha value is -2.51. The average Bonchev–Trinajstić information content (AvgIpc) is 3.25. The summed E-state index contributed by atoms with van der Waals surface area (Å²) in [6.07, 6.45) is 5.51. The molecule has 1 aliphatic carbocycles. The van der Waals surface area contributed by atoms with E-state index in [0.717, 1.165) is 48.8 Å². The fourth-order valence-electron chi connectivity index (χ4n) is 3.78.